The number of fused-ring (bicyclic) bond motifs is 1. The van der Waals surface area contributed by atoms with Crippen molar-refractivity contribution >= 4 is 5.78 Å². The lowest BCUT2D eigenvalue weighted by Gasteiger charge is -2.25. The number of carbonyl (C=O) groups is 1. The second-order valence-corrected chi connectivity index (χ2v) is 9.58. The third-order valence-electron chi connectivity index (χ3n) is 7.03. The average molecular weight is 488 g/mol. The van der Waals surface area contributed by atoms with Crippen LogP contribution in [0.2, 0.25) is 0 Å². The molecule has 36 heavy (non-hydrogen) atoms. The zero-order valence-electron chi connectivity index (χ0n) is 21.7. The molecule has 0 bridgehead atoms. The van der Waals surface area contributed by atoms with Crippen molar-refractivity contribution in [3.63, 3.8) is 0 Å². The maximum atomic E-state index is 13.1. The number of aryl methyl sites for hydroxylation is 1. The molecule has 0 aromatic heterocycles. The first-order valence-electron chi connectivity index (χ1n) is 12.8. The van der Waals surface area contributed by atoms with E-state index < -0.39 is 0 Å². The fraction of sp³-hybridized carbons (Fsp3) is 0.387. The summed E-state index contributed by atoms with van der Waals surface area (Å²) in [6, 6.07) is 22.4. The molecule has 1 atom stereocenters. The van der Waals surface area contributed by atoms with E-state index in [0.717, 1.165) is 62.1 Å². The summed E-state index contributed by atoms with van der Waals surface area (Å²) in [5.41, 5.74) is 4.31. The summed E-state index contributed by atoms with van der Waals surface area (Å²) >= 11 is 0. The predicted molar refractivity (Wildman–Crippen MR) is 143 cm³/mol. The Kier molecular flexibility index (Phi) is 9.01. The fourth-order valence-corrected chi connectivity index (χ4v) is 4.88. The van der Waals surface area contributed by atoms with Crippen molar-refractivity contribution < 1.29 is 19.0 Å². The standard InChI is InChI=1S/C31H37NO4/c1-32(18-16-23-11-7-13-27(19-23)36-22-24-9-5-4-6-10-24)17-8-12-25-14-15-26-20-29(34-2)30(35-3)21-28(26)31(25)33/h4-7,9-11,13,19-21,25H,8,12,14-18,22H2,1-3H3. The van der Waals surface area contributed by atoms with Crippen molar-refractivity contribution in [3.05, 3.63) is 89.0 Å². The Balaban J connectivity index is 1.21. The summed E-state index contributed by atoms with van der Waals surface area (Å²) in [5.74, 6) is 2.55. The molecule has 0 saturated carbocycles. The Hall–Kier alpha value is -3.31. The van der Waals surface area contributed by atoms with Gasteiger partial charge in [-0.15, -0.1) is 0 Å². The van der Waals surface area contributed by atoms with Crippen LogP contribution in [-0.2, 0) is 19.4 Å². The van der Waals surface area contributed by atoms with Crippen molar-refractivity contribution in [3.8, 4) is 17.2 Å². The van der Waals surface area contributed by atoms with Gasteiger partial charge in [0.25, 0.3) is 0 Å². The van der Waals surface area contributed by atoms with Gasteiger partial charge in [0.1, 0.15) is 12.4 Å². The maximum absolute atomic E-state index is 13.1. The molecular weight excluding hydrogens is 450 g/mol. The molecule has 3 aromatic carbocycles. The van der Waals surface area contributed by atoms with Gasteiger partial charge < -0.3 is 19.1 Å². The van der Waals surface area contributed by atoms with Crippen molar-refractivity contribution in [1.29, 1.82) is 0 Å². The second-order valence-electron chi connectivity index (χ2n) is 9.58. The van der Waals surface area contributed by atoms with Crippen LogP contribution >= 0.6 is 0 Å². The molecular formula is C31H37NO4. The van der Waals surface area contributed by atoms with E-state index in [0.29, 0.717) is 18.1 Å². The van der Waals surface area contributed by atoms with Gasteiger partial charge in [-0.05, 0) is 86.7 Å². The van der Waals surface area contributed by atoms with E-state index in [1.54, 1.807) is 14.2 Å². The molecule has 0 amide bonds. The molecule has 1 aliphatic carbocycles. The van der Waals surface area contributed by atoms with Crippen LogP contribution < -0.4 is 14.2 Å². The van der Waals surface area contributed by atoms with Gasteiger partial charge in [-0.2, -0.15) is 0 Å². The summed E-state index contributed by atoms with van der Waals surface area (Å²) in [6.45, 7) is 2.53. The number of carbonyl (C=O) groups excluding carboxylic acids is 1. The summed E-state index contributed by atoms with van der Waals surface area (Å²) in [6.07, 6.45) is 4.71. The smallest absolute Gasteiger partial charge is 0.166 e. The lowest BCUT2D eigenvalue weighted by Crippen LogP contribution is -2.26. The maximum Gasteiger partial charge on any atom is 0.166 e. The molecule has 4 rings (SSSR count). The molecule has 190 valence electrons. The molecule has 5 heteroatoms. The van der Waals surface area contributed by atoms with Gasteiger partial charge >= 0.3 is 0 Å². The molecule has 5 nitrogen and oxygen atoms in total. The van der Waals surface area contributed by atoms with Crippen LogP contribution in [0.25, 0.3) is 0 Å². The van der Waals surface area contributed by atoms with Gasteiger partial charge in [0, 0.05) is 18.0 Å². The first kappa shape index (κ1) is 25.8. The number of nitrogens with zero attached hydrogens (tertiary/aromatic N) is 1. The Bertz CT molecular complexity index is 1140. The van der Waals surface area contributed by atoms with E-state index in [-0.39, 0.29) is 11.7 Å². The van der Waals surface area contributed by atoms with E-state index in [1.807, 2.05) is 36.4 Å². The van der Waals surface area contributed by atoms with Crippen molar-refractivity contribution in [1.82, 2.24) is 4.90 Å². The summed E-state index contributed by atoms with van der Waals surface area (Å²) in [4.78, 5) is 15.5. The van der Waals surface area contributed by atoms with Crippen molar-refractivity contribution in [2.75, 3.05) is 34.4 Å². The van der Waals surface area contributed by atoms with Crippen LogP contribution in [0, 0.1) is 5.92 Å². The van der Waals surface area contributed by atoms with Gasteiger partial charge in [0.2, 0.25) is 0 Å². The predicted octanol–water partition coefficient (Wildman–Crippen LogP) is 5.98. The molecule has 0 spiro atoms. The zero-order valence-corrected chi connectivity index (χ0v) is 21.7. The minimum atomic E-state index is 0.0856. The number of likely N-dealkylation sites (N-methyl/N-ethyl adjacent to an activating group) is 1. The highest BCUT2D eigenvalue weighted by atomic mass is 16.5. The number of ketones is 1. The SMILES string of the molecule is COc1cc2c(cc1OC)C(=O)C(CCCN(C)CCc1cccc(OCc3ccccc3)c1)CC2. The number of hydrogen-bond donors (Lipinski definition) is 0. The van der Waals surface area contributed by atoms with Gasteiger partial charge in [0.15, 0.2) is 17.3 Å². The van der Waals surface area contributed by atoms with Crippen LogP contribution in [0.1, 0.15) is 46.3 Å². The molecule has 0 fully saturated rings. The zero-order chi connectivity index (χ0) is 25.3. The van der Waals surface area contributed by atoms with E-state index in [2.05, 4.69) is 42.3 Å². The Morgan fingerprint density at radius 3 is 2.42 bits per heavy atom. The highest BCUT2D eigenvalue weighted by molar-refractivity contribution is 6.00. The number of Topliss-reactive ketones (excluding diaryl/α,β-unsaturated/α-hetero) is 1. The Labute approximate surface area is 215 Å². The lowest BCUT2D eigenvalue weighted by atomic mass is 9.80. The van der Waals surface area contributed by atoms with Crippen LogP contribution in [0.4, 0.5) is 0 Å². The fourth-order valence-electron chi connectivity index (χ4n) is 4.88. The van der Waals surface area contributed by atoms with E-state index in [4.69, 9.17) is 14.2 Å². The minimum Gasteiger partial charge on any atom is -0.493 e. The molecule has 0 N–H and O–H groups in total. The third kappa shape index (κ3) is 6.67. The Morgan fingerprint density at radius 1 is 0.889 bits per heavy atom. The molecule has 0 radical (unpaired) electrons. The first-order valence-corrected chi connectivity index (χ1v) is 12.8. The molecule has 1 unspecified atom stereocenters. The average Bonchev–Trinajstić information content (AvgIpc) is 2.92. The second kappa shape index (κ2) is 12.6. The molecule has 0 heterocycles. The van der Waals surface area contributed by atoms with Crippen molar-refractivity contribution in [2.24, 2.45) is 5.92 Å². The monoisotopic (exact) mass is 487 g/mol. The molecule has 0 aliphatic heterocycles. The number of hydrogen-bond acceptors (Lipinski definition) is 5. The van der Waals surface area contributed by atoms with Crippen molar-refractivity contribution in [2.45, 2.75) is 38.7 Å². The highest BCUT2D eigenvalue weighted by Gasteiger charge is 2.28. The number of ether oxygens (including phenoxy) is 3. The van der Waals surface area contributed by atoms with Crippen LogP contribution in [0.5, 0.6) is 17.2 Å². The normalized spacial score (nSPS) is 15.0. The highest BCUT2D eigenvalue weighted by Crippen LogP contribution is 2.36. The third-order valence-corrected chi connectivity index (χ3v) is 7.03. The summed E-state index contributed by atoms with van der Waals surface area (Å²) in [5, 5.41) is 0. The number of benzene rings is 3. The first-order chi connectivity index (χ1) is 17.6. The van der Waals surface area contributed by atoms with Gasteiger partial charge in [0.05, 0.1) is 14.2 Å². The molecule has 3 aromatic rings. The Morgan fingerprint density at radius 2 is 1.64 bits per heavy atom. The van der Waals surface area contributed by atoms with Crippen LogP contribution in [0.15, 0.2) is 66.7 Å². The van der Waals surface area contributed by atoms with E-state index >= 15 is 0 Å². The lowest BCUT2D eigenvalue weighted by molar-refractivity contribution is 0.0890. The minimum absolute atomic E-state index is 0.0856. The molecule has 1 aliphatic rings. The van der Waals surface area contributed by atoms with Gasteiger partial charge in [-0.3, -0.25) is 4.79 Å². The largest absolute Gasteiger partial charge is 0.493 e. The topological polar surface area (TPSA) is 48.0 Å². The van der Waals surface area contributed by atoms with E-state index in [9.17, 15) is 4.79 Å². The molecule has 0 saturated heterocycles. The number of rotatable bonds is 12. The summed E-state index contributed by atoms with van der Waals surface area (Å²) < 4.78 is 16.8. The van der Waals surface area contributed by atoms with E-state index in [1.165, 1.54) is 11.1 Å². The van der Waals surface area contributed by atoms with Gasteiger partial charge in [-0.25, -0.2) is 0 Å². The van der Waals surface area contributed by atoms with Crippen LogP contribution in [0.3, 0.4) is 0 Å². The number of methoxy groups -OCH3 is 2. The summed E-state index contributed by atoms with van der Waals surface area (Å²) in [7, 11) is 5.40. The van der Waals surface area contributed by atoms with Gasteiger partial charge in [-0.1, -0.05) is 42.5 Å². The van der Waals surface area contributed by atoms with Crippen LogP contribution in [-0.4, -0.2) is 45.0 Å². The quantitative estimate of drug-likeness (QED) is 0.314.